The van der Waals surface area contributed by atoms with Crippen molar-refractivity contribution in [2.24, 2.45) is 0 Å². The molecule has 0 bridgehead atoms. The minimum Gasteiger partial charge on any atom is -0.485 e. The third-order valence-electron chi connectivity index (χ3n) is 4.13. The average Bonchev–Trinajstić information content (AvgIpc) is 3.06. The van der Waals surface area contributed by atoms with Crippen molar-refractivity contribution in [3.63, 3.8) is 0 Å². The molecular formula is C19H15N3O3S. The molecule has 4 rings (SSSR count). The molecule has 0 unspecified atom stereocenters. The fraction of sp³-hybridized carbons (Fsp3) is 0.105. The number of nitrogens with zero attached hydrogens (tertiary/aromatic N) is 1. The molecule has 0 spiro atoms. The smallest absolute Gasteiger partial charge is 0.344 e. The lowest BCUT2D eigenvalue weighted by Crippen LogP contribution is -2.06. The van der Waals surface area contributed by atoms with Gasteiger partial charge in [0.2, 0.25) is 4.77 Å². The summed E-state index contributed by atoms with van der Waals surface area (Å²) in [5.41, 5.74) is 2.42. The molecule has 0 fully saturated rings. The quantitative estimate of drug-likeness (QED) is 0.420. The molecule has 0 radical (unpaired) electrons. The van der Waals surface area contributed by atoms with E-state index in [1.54, 1.807) is 6.07 Å². The van der Waals surface area contributed by atoms with Gasteiger partial charge in [0.25, 0.3) is 0 Å². The number of aromatic amines is 2. The molecule has 4 aromatic rings. The van der Waals surface area contributed by atoms with Gasteiger partial charge in [0, 0.05) is 11.5 Å². The molecule has 0 amide bonds. The van der Waals surface area contributed by atoms with Gasteiger partial charge in [-0.05, 0) is 42.4 Å². The van der Waals surface area contributed by atoms with Gasteiger partial charge in [-0.15, -0.1) is 0 Å². The summed E-state index contributed by atoms with van der Waals surface area (Å²) in [6.45, 7) is 2.15. The number of H-pyrrole nitrogens is 2. The maximum Gasteiger partial charge on any atom is 0.344 e. The number of nitrogens with one attached hydrogen (secondary N) is 2. The van der Waals surface area contributed by atoms with Gasteiger partial charge in [-0.2, -0.15) is 0 Å². The van der Waals surface area contributed by atoms with Crippen molar-refractivity contribution in [1.29, 1.82) is 0 Å². The Hall–Kier alpha value is -3.19. The van der Waals surface area contributed by atoms with Crippen molar-refractivity contribution >= 4 is 23.2 Å². The highest BCUT2D eigenvalue weighted by atomic mass is 32.1. The second kappa shape index (κ2) is 6.61. The van der Waals surface area contributed by atoms with E-state index in [0.29, 0.717) is 27.5 Å². The molecule has 0 aliphatic heterocycles. The van der Waals surface area contributed by atoms with Gasteiger partial charge in [-0.1, -0.05) is 30.3 Å². The molecule has 0 aliphatic carbocycles. The van der Waals surface area contributed by atoms with E-state index < -0.39 is 0 Å². The molecule has 0 aliphatic rings. The zero-order valence-electron chi connectivity index (χ0n) is 13.9. The van der Waals surface area contributed by atoms with E-state index in [4.69, 9.17) is 21.4 Å². The summed E-state index contributed by atoms with van der Waals surface area (Å²) in [5, 5.41) is 6.40. The van der Waals surface area contributed by atoms with Gasteiger partial charge < -0.3 is 9.15 Å². The van der Waals surface area contributed by atoms with Crippen molar-refractivity contribution in [3.05, 3.63) is 75.1 Å². The molecule has 6 nitrogen and oxygen atoms in total. The van der Waals surface area contributed by atoms with E-state index >= 15 is 0 Å². The van der Waals surface area contributed by atoms with Gasteiger partial charge in [-0.25, -0.2) is 9.78 Å². The van der Waals surface area contributed by atoms with Crippen molar-refractivity contribution in [1.82, 2.24) is 15.2 Å². The van der Waals surface area contributed by atoms with Crippen molar-refractivity contribution in [2.45, 2.75) is 13.5 Å². The van der Waals surface area contributed by atoms with Crippen molar-refractivity contribution in [3.8, 4) is 16.9 Å². The molecule has 26 heavy (non-hydrogen) atoms. The molecule has 7 heteroatoms. The minimum atomic E-state index is -0.366. The predicted octanol–water partition coefficient (Wildman–Crippen LogP) is 4.13. The van der Waals surface area contributed by atoms with Crippen LogP contribution in [0.25, 0.3) is 22.1 Å². The average molecular weight is 365 g/mol. The third kappa shape index (κ3) is 3.04. The number of rotatable bonds is 4. The Kier molecular flexibility index (Phi) is 4.14. The Balaban J connectivity index is 1.71. The molecule has 2 aromatic carbocycles. The molecule has 2 heterocycles. The second-order valence-electron chi connectivity index (χ2n) is 5.82. The lowest BCUT2D eigenvalue weighted by molar-refractivity contribution is 0.296. The Morgan fingerprint density at radius 3 is 2.69 bits per heavy atom. The number of fused-ring (bicyclic) bond motifs is 1. The minimum absolute atomic E-state index is 0.226. The number of aromatic nitrogens is 3. The summed E-state index contributed by atoms with van der Waals surface area (Å²) in [4.78, 5) is 16.6. The first kappa shape index (κ1) is 16.3. The lowest BCUT2D eigenvalue weighted by atomic mass is 10.00. The van der Waals surface area contributed by atoms with Crippen LogP contribution in [-0.4, -0.2) is 15.2 Å². The fourth-order valence-electron chi connectivity index (χ4n) is 2.89. The highest BCUT2D eigenvalue weighted by Gasteiger charge is 2.13. The van der Waals surface area contributed by atoms with Crippen LogP contribution >= 0.6 is 12.2 Å². The summed E-state index contributed by atoms with van der Waals surface area (Å²) in [5.74, 6) is 1.17. The highest BCUT2D eigenvalue weighted by Crippen LogP contribution is 2.29. The van der Waals surface area contributed by atoms with Crippen LogP contribution in [-0.2, 0) is 6.61 Å². The van der Waals surface area contributed by atoms with Crippen LogP contribution in [0.3, 0.4) is 0 Å². The molecule has 0 saturated heterocycles. The molecule has 0 saturated carbocycles. The Morgan fingerprint density at radius 1 is 1.15 bits per heavy atom. The van der Waals surface area contributed by atoms with Crippen molar-refractivity contribution in [2.75, 3.05) is 0 Å². The van der Waals surface area contributed by atoms with Gasteiger partial charge >= 0.3 is 5.63 Å². The van der Waals surface area contributed by atoms with Gasteiger partial charge in [0.15, 0.2) is 5.82 Å². The van der Waals surface area contributed by atoms with Crippen LogP contribution in [0.2, 0.25) is 0 Å². The Bertz CT molecular complexity index is 1190. The predicted molar refractivity (Wildman–Crippen MR) is 101 cm³/mol. The standard InChI is InChI=1S/C19H15N3O3S/c1-11-14-8-7-13(24-10-16-20-19(26)22-21-16)9-15(14)25-18(23)17(11)12-5-3-2-4-6-12/h2-9H,10H2,1H3,(H2,20,21,22,26). The maximum absolute atomic E-state index is 12.5. The van der Waals surface area contributed by atoms with E-state index in [-0.39, 0.29) is 12.2 Å². The van der Waals surface area contributed by atoms with Gasteiger partial charge in [0.05, 0.1) is 5.56 Å². The molecule has 0 atom stereocenters. The van der Waals surface area contributed by atoms with Crippen molar-refractivity contribution < 1.29 is 9.15 Å². The van der Waals surface area contributed by atoms with E-state index in [9.17, 15) is 4.79 Å². The van der Waals surface area contributed by atoms with E-state index in [2.05, 4.69) is 15.2 Å². The van der Waals surface area contributed by atoms with Crippen LogP contribution < -0.4 is 10.4 Å². The first-order valence-electron chi connectivity index (χ1n) is 8.01. The van der Waals surface area contributed by atoms with Gasteiger partial charge in [-0.3, -0.25) is 10.2 Å². The molecular weight excluding hydrogens is 350 g/mol. The van der Waals surface area contributed by atoms with Crippen LogP contribution in [0.15, 0.2) is 57.7 Å². The Morgan fingerprint density at radius 2 is 1.96 bits per heavy atom. The summed E-state index contributed by atoms with van der Waals surface area (Å²) in [6, 6.07) is 14.9. The first-order valence-corrected chi connectivity index (χ1v) is 8.42. The molecule has 130 valence electrons. The van der Waals surface area contributed by atoms with Crippen LogP contribution in [0.1, 0.15) is 11.4 Å². The SMILES string of the molecule is Cc1c(-c2ccccc2)c(=O)oc2cc(OCc3nc(=S)[nH][nH]3)ccc12. The molecule has 2 aromatic heterocycles. The van der Waals surface area contributed by atoms with Gasteiger partial charge in [0.1, 0.15) is 17.9 Å². The third-order valence-corrected chi connectivity index (χ3v) is 4.32. The Labute approximate surface area is 153 Å². The van der Waals surface area contributed by atoms with E-state index in [1.807, 2.05) is 49.4 Å². The number of hydrogen-bond donors (Lipinski definition) is 2. The molecule has 2 N–H and O–H groups in total. The highest BCUT2D eigenvalue weighted by molar-refractivity contribution is 7.71. The summed E-state index contributed by atoms with van der Waals surface area (Å²) in [7, 11) is 0. The summed E-state index contributed by atoms with van der Waals surface area (Å²) in [6.07, 6.45) is 0. The first-order chi connectivity index (χ1) is 12.6. The van der Waals surface area contributed by atoms with Crippen LogP contribution in [0.4, 0.5) is 0 Å². The zero-order chi connectivity index (χ0) is 18.1. The normalized spacial score (nSPS) is 11.0. The lowest BCUT2D eigenvalue weighted by Gasteiger charge is -2.09. The largest absolute Gasteiger partial charge is 0.485 e. The maximum atomic E-state index is 12.5. The topological polar surface area (TPSA) is 83.9 Å². The number of ether oxygens (including phenoxy) is 1. The second-order valence-corrected chi connectivity index (χ2v) is 6.20. The monoisotopic (exact) mass is 365 g/mol. The fourth-order valence-corrected chi connectivity index (χ4v) is 3.05. The number of hydrogen-bond acceptors (Lipinski definition) is 5. The van der Waals surface area contributed by atoms with Crippen LogP contribution in [0.5, 0.6) is 5.75 Å². The van der Waals surface area contributed by atoms with Crippen LogP contribution in [0, 0.1) is 11.7 Å². The zero-order valence-corrected chi connectivity index (χ0v) is 14.7. The summed E-state index contributed by atoms with van der Waals surface area (Å²) < 4.78 is 11.6. The number of benzene rings is 2. The summed E-state index contributed by atoms with van der Waals surface area (Å²) >= 11 is 4.90. The van der Waals surface area contributed by atoms with E-state index in [0.717, 1.165) is 16.5 Å². The number of aryl methyl sites for hydroxylation is 1. The van der Waals surface area contributed by atoms with E-state index in [1.165, 1.54) is 0 Å².